The zero-order valence-electron chi connectivity index (χ0n) is 10.3. The smallest absolute Gasteiger partial charge is 0.407 e. The molecule has 0 saturated heterocycles. The van der Waals surface area contributed by atoms with Crippen LogP contribution in [0.4, 0.5) is 4.79 Å². The van der Waals surface area contributed by atoms with E-state index >= 15 is 0 Å². The molecule has 0 atom stereocenters. The molecule has 0 aromatic carbocycles. The van der Waals surface area contributed by atoms with Gasteiger partial charge in [0.15, 0.2) is 0 Å². The Bertz CT molecular complexity index is 352. The highest BCUT2D eigenvalue weighted by molar-refractivity contribution is 5.67. The molecule has 0 unspecified atom stereocenters. The van der Waals surface area contributed by atoms with Crippen LogP contribution in [0.3, 0.4) is 0 Å². The average molecular weight is 225 g/mol. The van der Waals surface area contributed by atoms with Gasteiger partial charge in [0.05, 0.1) is 12.0 Å². The van der Waals surface area contributed by atoms with Crippen LogP contribution in [0.2, 0.25) is 0 Å². The first-order chi connectivity index (χ1) is 7.37. The van der Waals surface area contributed by atoms with Crippen molar-refractivity contribution in [2.75, 3.05) is 6.54 Å². The summed E-state index contributed by atoms with van der Waals surface area (Å²) in [5.41, 5.74) is 0.508. The molecule has 0 fully saturated rings. The quantitative estimate of drug-likeness (QED) is 0.847. The Morgan fingerprint density at radius 2 is 2.25 bits per heavy atom. The predicted octanol–water partition coefficient (Wildman–Crippen LogP) is 1.49. The molecule has 1 aromatic heterocycles. The Morgan fingerprint density at radius 3 is 2.75 bits per heavy atom. The maximum absolute atomic E-state index is 11.3. The fraction of sp³-hybridized carbons (Fsp3) is 0.636. The number of hydrogen-bond donors (Lipinski definition) is 1. The topological polar surface area (TPSA) is 56.2 Å². The number of aromatic nitrogens is 2. The summed E-state index contributed by atoms with van der Waals surface area (Å²) in [5, 5.41) is 2.69. The van der Waals surface area contributed by atoms with Crippen molar-refractivity contribution in [3.05, 3.63) is 18.2 Å². The number of hydrogen-bond acceptors (Lipinski definition) is 3. The zero-order chi connectivity index (χ0) is 12.2. The van der Waals surface area contributed by atoms with Crippen molar-refractivity contribution >= 4 is 6.09 Å². The molecule has 0 spiro atoms. The predicted molar refractivity (Wildman–Crippen MR) is 61.1 cm³/mol. The van der Waals surface area contributed by atoms with E-state index < -0.39 is 5.60 Å². The van der Waals surface area contributed by atoms with Crippen LogP contribution < -0.4 is 5.32 Å². The van der Waals surface area contributed by atoms with Crippen molar-refractivity contribution in [2.45, 2.75) is 32.8 Å². The van der Waals surface area contributed by atoms with Gasteiger partial charge in [0.2, 0.25) is 0 Å². The third-order valence-corrected chi connectivity index (χ3v) is 1.81. The monoisotopic (exact) mass is 225 g/mol. The number of nitrogens with one attached hydrogen (secondary N) is 1. The van der Waals surface area contributed by atoms with Crippen molar-refractivity contribution in [1.82, 2.24) is 14.9 Å². The van der Waals surface area contributed by atoms with Crippen molar-refractivity contribution in [3.8, 4) is 0 Å². The minimum absolute atomic E-state index is 0.386. The number of carbonyl (C=O) groups is 1. The van der Waals surface area contributed by atoms with Crippen LogP contribution in [0, 0.1) is 0 Å². The van der Waals surface area contributed by atoms with Gasteiger partial charge < -0.3 is 14.6 Å². The Hall–Kier alpha value is -1.52. The molecular formula is C11H19N3O2. The highest BCUT2D eigenvalue weighted by Crippen LogP contribution is 2.06. The standard InChI is InChI=1S/C11H19N3O2/c1-11(2,3)16-10(15)12-6-5-9-7-14(4)8-13-9/h7-8H,5-6H2,1-4H3,(H,12,15). The van der Waals surface area contributed by atoms with Gasteiger partial charge in [-0.3, -0.25) is 0 Å². The van der Waals surface area contributed by atoms with Crippen molar-refractivity contribution in [1.29, 1.82) is 0 Å². The first kappa shape index (κ1) is 12.5. The van der Waals surface area contributed by atoms with Crippen molar-refractivity contribution < 1.29 is 9.53 Å². The molecule has 1 N–H and O–H groups in total. The molecule has 1 heterocycles. The summed E-state index contributed by atoms with van der Waals surface area (Å²) in [6.45, 7) is 6.05. The van der Waals surface area contributed by atoms with E-state index in [1.165, 1.54) is 0 Å². The van der Waals surface area contributed by atoms with E-state index in [9.17, 15) is 4.79 Å². The van der Waals surface area contributed by atoms with Crippen LogP contribution in [0.5, 0.6) is 0 Å². The largest absolute Gasteiger partial charge is 0.444 e. The summed E-state index contributed by atoms with van der Waals surface area (Å²) in [5.74, 6) is 0. The molecular weight excluding hydrogens is 206 g/mol. The van der Waals surface area contributed by atoms with Gasteiger partial charge in [0.25, 0.3) is 0 Å². The van der Waals surface area contributed by atoms with E-state index in [1.54, 1.807) is 6.33 Å². The van der Waals surface area contributed by atoms with E-state index in [0.717, 1.165) is 5.69 Å². The summed E-state index contributed by atoms with van der Waals surface area (Å²) >= 11 is 0. The summed E-state index contributed by atoms with van der Waals surface area (Å²) in [4.78, 5) is 15.5. The first-order valence-corrected chi connectivity index (χ1v) is 5.30. The van der Waals surface area contributed by atoms with E-state index in [4.69, 9.17) is 4.74 Å². The van der Waals surface area contributed by atoms with Gasteiger partial charge in [-0.15, -0.1) is 0 Å². The van der Waals surface area contributed by atoms with E-state index in [1.807, 2.05) is 38.6 Å². The molecule has 0 bridgehead atoms. The average Bonchev–Trinajstić information content (AvgIpc) is 2.48. The highest BCUT2D eigenvalue weighted by Gasteiger charge is 2.15. The molecule has 1 rings (SSSR count). The lowest BCUT2D eigenvalue weighted by molar-refractivity contribution is 0.0528. The van der Waals surface area contributed by atoms with E-state index in [0.29, 0.717) is 13.0 Å². The minimum Gasteiger partial charge on any atom is -0.444 e. The maximum Gasteiger partial charge on any atom is 0.407 e. The van der Waals surface area contributed by atoms with Gasteiger partial charge in [-0.2, -0.15) is 0 Å². The summed E-state index contributed by atoms with van der Waals surface area (Å²) in [6, 6.07) is 0. The molecule has 0 radical (unpaired) electrons. The Morgan fingerprint density at radius 1 is 1.56 bits per heavy atom. The lowest BCUT2D eigenvalue weighted by Gasteiger charge is -2.19. The molecule has 0 aliphatic rings. The Balaban J connectivity index is 2.23. The van der Waals surface area contributed by atoms with Gasteiger partial charge in [-0.25, -0.2) is 9.78 Å². The molecule has 1 aromatic rings. The first-order valence-electron chi connectivity index (χ1n) is 5.30. The van der Waals surface area contributed by atoms with Crippen LogP contribution >= 0.6 is 0 Å². The number of ether oxygens (including phenoxy) is 1. The van der Waals surface area contributed by atoms with Crippen LogP contribution in [0.15, 0.2) is 12.5 Å². The molecule has 90 valence electrons. The highest BCUT2D eigenvalue weighted by atomic mass is 16.6. The van der Waals surface area contributed by atoms with Crippen molar-refractivity contribution in [3.63, 3.8) is 0 Å². The molecule has 16 heavy (non-hydrogen) atoms. The lowest BCUT2D eigenvalue weighted by Crippen LogP contribution is -2.33. The van der Waals surface area contributed by atoms with Crippen molar-refractivity contribution in [2.24, 2.45) is 7.05 Å². The van der Waals surface area contributed by atoms with Crippen LogP contribution in [0.25, 0.3) is 0 Å². The fourth-order valence-corrected chi connectivity index (χ4v) is 1.20. The number of imidazole rings is 1. The van der Waals surface area contributed by atoms with Gasteiger partial charge in [-0.05, 0) is 20.8 Å². The molecule has 0 aliphatic carbocycles. The molecule has 0 aliphatic heterocycles. The normalized spacial score (nSPS) is 11.2. The zero-order valence-corrected chi connectivity index (χ0v) is 10.3. The fourth-order valence-electron chi connectivity index (χ4n) is 1.20. The number of aryl methyl sites for hydroxylation is 1. The third-order valence-electron chi connectivity index (χ3n) is 1.81. The van der Waals surface area contributed by atoms with Gasteiger partial charge in [-0.1, -0.05) is 0 Å². The molecule has 5 nitrogen and oxygen atoms in total. The van der Waals surface area contributed by atoms with Crippen LogP contribution in [0.1, 0.15) is 26.5 Å². The molecule has 5 heteroatoms. The molecule has 1 amide bonds. The van der Waals surface area contributed by atoms with Gasteiger partial charge in [0.1, 0.15) is 5.60 Å². The van der Waals surface area contributed by atoms with E-state index in [2.05, 4.69) is 10.3 Å². The number of rotatable bonds is 3. The number of carbonyl (C=O) groups excluding carboxylic acids is 1. The summed E-state index contributed by atoms with van der Waals surface area (Å²) in [7, 11) is 1.91. The third kappa shape index (κ3) is 4.82. The number of amides is 1. The van der Waals surface area contributed by atoms with E-state index in [-0.39, 0.29) is 6.09 Å². The molecule has 0 saturated carbocycles. The second-order valence-corrected chi connectivity index (χ2v) is 4.71. The van der Waals surface area contributed by atoms with Crippen LogP contribution in [-0.2, 0) is 18.2 Å². The minimum atomic E-state index is -0.449. The van der Waals surface area contributed by atoms with Gasteiger partial charge in [0, 0.05) is 26.2 Å². The second kappa shape index (κ2) is 5.01. The maximum atomic E-state index is 11.3. The van der Waals surface area contributed by atoms with Gasteiger partial charge >= 0.3 is 6.09 Å². The SMILES string of the molecule is Cn1cnc(CCNC(=O)OC(C)(C)C)c1. The summed E-state index contributed by atoms with van der Waals surface area (Å²) < 4.78 is 6.98. The number of nitrogens with zero attached hydrogens (tertiary/aromatic N) is 2. The Labute approximate surface area is 95.8 Å². The second-order valence-electron chi connectivity index (χ2n) is 4.71. The Kier molecular flexibility index (Phi) is 3.93. The number of alkyl carbamates (subject to hydrolysis) is 1. The summed E-state index contributed by atoms with van der Waals surface area (Å²) in [6.07, 6.45) is 3.99. The van der Waals surface area contributed by atoms with Crippen LogP contribution in [-0.4, -0.2) is 27.8 Å². The lowest BCUT2D eigenvalue weighted by atomic mass is 10.2.